The Labute approximate surface area is 145 Å². The molecule has 1 fully saturated rings. The van der Waals surface area contributed by atoms with E-state index in [9.17, 15) is 9.18 Å². The van der Waals surface area contributed by atoms with E-state index in [0.29, 0.717) is 17.1 Å². The number of carbonyl (C=O) groups is 1. The van der Waals surface area contributed by atoms with Crippen LogP contribution >= 0.6 is 11.8 Å². The highest BCUT2D eigenvalue weighted by atomic mass is 32.2. The number of benzene rings is 1. The molecule has 1 aliphatic heterocycles. The van der Waals surface area contributed by atoms with Crippen LogP contribution in [0.2, 0.25) is 0 Å². The number of thioether (sulfide) groups is 1. The van der Waals surface area contributed by atoms with Crippen molar-refractivity contribution in [3.8, 4) is 0 Å². The molecule has 24 heavy (non-hydrogen) atoms. The second-order valence-corrected chi connectivity index (χ2v) is 6.74. The number of anilines is 1. The number of carbonyl (C=O) groups excluding carboxylic acids is 1. The smallest absolute Gasteiger partial charge is 0.223 e. The number of pyridine rings is 1. The first kappa shape index (κ1) is 16.8. The normalized spacial score (nSPS) is 14.7. The lowest BCUT2D eigenvalue weighted by molar-refractivity contribution is -0.131. The van der Waals surface area contributed by atoms with Gasteiger partial charge in [-0.25, -0.2) is 4.39 Å². The Morgan fingerprint density at radius 2 is 1.79 bits per heavy atom. The van der Waals surface area contributed by atoms with Gasteiger partial charge in [0.25, 0.3) is 0 Å². The molecule has 1 amide bonds. The van der Waals surface area contributed by atoms with Crippen LogP contribution in [0.5, 0.6) is 0 Å². The molecule has 0 spiro atoms. The fourth-order valence-electron chi connectivity index (χ4n) is 2.74. The lowest BCUT2D eigenvalue weighted by Crippen LogP contribution is -2.48. The van der Waals surface area contributed by atoms with E-state index in [2.05, 4.69) is 9.88 Å². The van der Waals surface area contributed by atoms with E-state index in [0.717, 1.165) is 31.9 Å². The topological polar surface area (TPSA) is 36.4 Å². The molecule has 2 heterocycles. The molecule has 3 rings (SSSR count). The minimum Gasteiger partial charge on any atom is -0.368 e. The van der Waals surface area contributed by atoms with Gasteiger partial charge in [-0.1, -0.05) is 12.1 Å². The average molecular weight is 345 g/mol. The van der Waals surface area contributed by atoms with Gasteiger partial charge >= 0.3 is 0 Å². The van der Waals surface area contributed by atoms with E-state index in [4.69, 9.17) is 0 Å². The van der Waals surface area contributed by atoms with Gasteiger partial charge in [0.1, 0.15) is 5.82 Å². The average Bonchev–Trinajstić information content (AvgIpc) is 2.64. The van der Waals surface area contributed by atoms with Gasteiger partial charge in [0.15, 0.2) is 0 Å². The maximum Gasteiger partial charge on any atom is 0.223 e. The quantitative estimate of drug-likeness (QED) is 0.781. The summed E-state index contributed by atoms with van der Waals surface area (Å²) in [7, 11) is 0. The molecule has 4 nitrogen and oxygen atoms in total. The summed E-state index contributed by atoms with van der Waals surface area (Å²) in [6.07, 6.45) is 4.01. The molecule has 1 aliphatic rings. The van der Waals surface area contributed by atoms with Crippen LogP contribution in [0.4, 0.5) is 10.1 Å². The summed E-state index contributed by atoms with van der Waals surface area (Å²) >= 11 is 1.40. The molecule has 0 radical (unpaired) electrons. The first-order chi connectivity index (χ1) is 11.7. The Bertz CT molecular complexity index is 675. The minimum atomic E-state index is -0.221. The van der Waals surface area contributed by atoms with E-state index in [1.54, 1.807) is 24.5 Å². The van der Waals surface area contributed by atoms with Crippen LogP contribution < -0.4 is 4.90 Å². The molecule has 2 aromatic rings. The van der Waals surface area contributed by atoms with Gasteiger partial charge in [0.2, 0.25) is 5.91 Å². The van der Waals surface area contributed by atoms with E-state index >= 15 is 0 Å². The molecule has 1 aromatic carbocycles. The second kappa shape index (κ2) is 8.15. The molecular formula is C18H20FN3OS. The van der Waals surface area contributed by atoms with Crippen molar-refractivity contribution in [1.29, 1.82) is 0 Å². The van der Waals surface area contributed by atoms with Crippen LogP contribution in [-0.4, -0.2) is 47.7 Å². The minimum absolute atomic E-state index is 0.146. The summed E-state index contributed by atoms with van der Waals surface area (Å²) in [6.45, 7) is 3.11. The van der Waals surface area contributed by atoms with Gasteiger partial charge in [-0.2, -0.15) is 0 Å². The first-order valence-electron chi connectivity index (χ1n) is 8.04. The lowest BCUT2D eigenvalue weighted by Gasteiger charge is -2.36. The van der Waals surface area contributed by atoms with Crippen molar-refractivity contribution in [2.24, 2.45) is 0 Å². The van der Waals surface area contributed by atoms with Crippen LogP contribution in [0.15, 0.2) is 53.7 Å². The SMILES string of the molecule is O=C(CCSc1ccccc1F)N1CCN(c2ccncc2)CC1. The Morgan fingerprint density at radius 3 is 2.50 bits per heavy atom. The predicted molar refractivity (Wildman–Crippen MR) is 94.8 cm³/mol. The molecule has 0 aliphatic carbocycles. The highest BCUT2D eigenvalue weighted by Crippen LogP contribution is 2.22. The number of hydrogen-bond acceptors (Lipinski definition) is 4. The largest absolute Gasteiger partial charge is 0.368 e. The summed E-state index contributed by atoms with van der Waals surface area (Å²) in [5.74, 6) is 0.527. The number of halogens is 1. The Balaban J connectivity index is 1.43. The molecule has 1 aromatic heterocycles. The van der Waals surface area contributed by atoms with Crippen LogP contribution in [0.3, 0.4) is 0 Å². The van der Waals surface area contributed by atoms with Gasteiger partial charge in [-0.05, 0) is 24.3 Å². The molecule has 0 saturated carbocycles. The van der Waals surface area contributed by atoms with Crippen LogP contribution in [0.1, 0.15) is 6.42 Å². The van der Waals surface area contributed by atoms with Gasteiger partial charge in [0.05, 0.1) is 0 Å². The maximum atomic E-state index is 13.5. The number of rotatable bonds is 5. The molecule has 126 valence electrons. The Kier molecular flexibility index (Phi) is 5.69. The fraction of sp³-hybridized carbons (Fsp3) is 0.333. The van der Waals surface area contributed by atoms with Crippen molar-refractivity contribution in [3.05, 3.63) is 54.6 Å². The number of amides is 1. The Morgan fingerprint density at radius 1 is 1.08 bits per heavy atom. The molecule has 6 heteroatoms. The highest BCUT2D eigenvalue weighted by Gasteiger charge is 2.21. The van der Waals surface area contributed by atoms with Crippen molar-refractivity contribution >= 4 is 23.4 Å². The zero-order valence-electron chi connectivity index (χ0n) is 13.4. The zero-order valence-corrected chi connectivity index (χ0v) is 14.2. The number of hydrogen-bond donors (Lipinski definition) is 0. The van der Waals surface area contributed by atoms with Crippen LogP contribution in [0.25, 0.3) is 0 Å². The van der Waals surface area contributed by atoms with Crippen LogP contribution in [-0.2, 0) is 4.79 Å². The molecule has 0 atom stereocenters. The third kappa shape index (κ3) is 4.26. The van der Waals surface area contributed by atoms with Crippen molar-refractivity contribution in [2.75, 3.05) is 36.8 Å². The number of piperazine rings is 1. The third-order valence-electron chi connectivity index (χ3n) is 4.07. The molecular weight excluding hydrogens is 325 g/mol. The monoisotopic (exact) mass is 345 g/mol. The van der Waals surface area contributed by atoms with E-state index in [1.807, 2.05) is 23.1 Å². The van der Waals surface area contributed by atoms with Crippen molar-refractivity contribution in [3.63, 3.8) is 0 Å². The predicted octanol–water partition coefficient (Wildman–Crippen LogP) is 3.05. The van der Waals surface area contributed by atoms with E-state index in [1.165, 1.54) is 17.8 Å². The molecule has 0 N–H and O–H groups in total. The van der Waals surface area contributed by atoms with Gasteiger partial charge in [-0.3, -0.25) is 9.78 Å². The molecule has 0 bridgehead atoms. The first-order valence-corrected chi connectivity index (χ1v) is 9.02. The summed E-state index contributed by atoms with van der Waals surface area (Å²) in [6, 6.07) is 10.7. The summed E-state index contributed by atoms with van der Waals surface area (Å²) in [5.41, 5.74) is 1.15. The van der Waals surface area contributed by atoms with Gasteiger partial charge < -0.3 is 9.80 Å². The maximum absolute atomic E-state index is 13.5. The lowest BCUT2D eigenvalue weighted by atomic mass is 10.2. The Hall–Kier alpha value is -2.08. The molecule has 1 saturated heterocycles. The fourth-order valence-corrected chi connectivity index (χ4v) is 3.61. The molecule has 0 unspecified atom stereocenters. The van der Waals surface area contributed by atoms with Crippen molar-refractivity contribution < 1.29 is 9.18 Å². The highest BCUT2D eigenvalue weighted by molar-refractivity contribution is 7.99. The van der Waals surface area contributed by atoms with Crippen molar-refractivity contribution in [1.82, 2.24) is 9.88 Å². The third-order valence-corrected chi connectivity index (χ3v) is 5.12. The van der Waals surface area contributed by atoms with E-state index < -0.39 is 0 Å². The number of nitrogens with zero attached hydrogens (tertiary/aromatic N) is 3. The van der Waals surface area contributed by atoms with Crippen LogP contribution in [0, 0.1) is 5.82 Å². The van der Waals surface area contributed by atoms with Gasteiger partial charge in [0, 0.05) is 61.3 Å². The van der Waals surface area contributed by atoms with Crippen molar-refractivity contribution in [2.45, 2.75) is 11.3 Å². The standard InChI is InChI=1S/C18H20FN3OS/c19-16-3-1-2-4-17(16)24-14-7-18(23)22-12-10-21(11-13-22)15-5-8-20-9-6-15/h1-6,8-9H,7,10-14H2. The summed E-state index contributed by atoms with van der Waals surface area (Å²) < 4.78 is 13.5. The number of aromatic nitrogens is 1. The zero-order chi connectivity index (χ0) is 16.8. The summed E-state index contributed by atoms with van der Waals surface area (Å²) in [5, 5.41) is 0. The van der Waals surface area contributed by atoms with Gasteiger partial charge in [-0.15, -0.1) is 11.8 Å². The van der Waals surface area contributed by atoms with E-state index in [-0.39, 0.29) is 11.7 Å². The summed E-state index contributed by atoms with van der Waals surface area (Å²) in [4.78, 5) is 21.1. The second-order valence-electron chi connectivity index (χ2n) is 5.60.